The maximum Gasteiger partial charge on any atom is 2.00 e. The van der Waals surface area contributed by atoms with Gasteiger partial charge in [0, 0.05) is 28.3 Å². The Morgan fingerprint density at radius 2 is 1.69 bits per heavy atom. The zero-order chi connectivity index (χ0) is 18.1. The van der Waals surface area contributed by atoms with Gasteiger partial charge in [0.05, 0.1) is 11.7 Å². The van der Waals surface area contributed by atoms with Crippen molar-refractivity contribution in [2.45, 2.75) is 13.8 Å². The molecule has 0 spiro atoms. The zero-order valence-corrected chi connectivity index (χ0v) is 18.9. The molecule has 0 bridgehead atoms. The van der Waals surface area contributed by atoms with E-state index in [1.165, 1.54) is 24.3 Å². The number of benzene rings is 2. The largest absolute Gasteiger partial charge is 2.00 e. The van der Waals surface area contributed by atoms with Gasteiger partial charge in [0.1, 0.15) is 5.58 Å². The van der Waals surface area contributed by atoms with Crippen molar-refractivity contribution in [2.24, 2.45) is 4.99 Å². The molecule has 29 heavy (non-hydrogen) atoms. The maximum atomic E-state index is 12.3. The summed E-state index contributed by atoms with van der Waals surface area (Å²) in [4.78, 5) is 27.2. The second kappa shape index (κ2) is 11.2. The van der Waals surface area contributed by atoms with Gasteiger partial charge in [0.25, 0.3) is 0 Å². The van der Waals surface area contributed by atoms with E-state index in [0.717, 1.165) is 0 Å². The fourth-order valence-electron chi connectivity index (χ4n) is 2.69. The summed E-state index contributed by atoms with van der Waals surface area (Å²) < 4.78 is 5.23. The number of para-hydroxylation sites is 1. The molecule has 0 aliphatic carbocycles. The number of carbonyl (C=O) groups excluding carboxylic acids is 1. The fraction of sp³-hybridized carbons (Fsp3) is 0.105. The molecule has 0 radical (unpaired) electrons. The summed E-state index contributed by atoms with van der Waals surface area (Å²) in [6.07, 6.45) is 0. The van der Waals surface area contributed by atoms with Crippen LogP contribution in [-0.2, 0) is 35.9 Å². The molecule has 0 aliphatic rings. The second-order valence-electron chi connectivity index (χ2n) is 5.57. The molecule has 9 N–H and O–H groups in total. The minimum absolute atomic E-state index is 0. The normalized spacial score (nSPS) is 10.1. The van der Waals surface area contributed by atoms with Crippen molar-refractivity contribution >= 4 is 28.3 Å². The van der Waals surface area contributed by atoms with Crippen molar-refractivity contribution in [1.82, 2.24) is 0 Å². The molecule has 0 fully saturated rings. The Morgan fingerprint density at radius 1 is 1.07 bits per heavy atom. The minimum atomic E-state index is -1.37. The van der Waals surface area contributed by atoms with Crippen LogP contribution < -0.4 is 15.8 Å². The number of rotatable bonds is 3. The third-order valence-corrected chi connectivity index (χ3v) is 3.86. The van der Waals surface area contributed by atoms with Crippen molar-refractivity contribution in [3.63, 3.8) is 0 Å². The summed E-state index contributed by atoms with van der Waals surface area (Å²) in [5, 5.41) is 24.2. The summed E-state index contributed by atoms with van der Waals surface area (Å²) in [5.41, 5.74) is 0.697. The first kappa shape index (κ1) is 28.3. The Morgan fingerprint density at radius 3 is 2.31 bits per heavy atom. The average Bonchev–Trinajstić information content (AvgIpc) is 2.54. The summed E-state index contributed by atoms with van der Waals surface area (Å²) >= 11 is 0. The van der Waals surface area contributed by atoms with Crippen LogP contribution in [0.5, 0.6) is 5.75 Å². The van der Waals surface area contributed by atoms with Crippen LogP contribution >= 0.6 is 0 Å². The molecule has 0 saturated carbocycles. The molecule has 2 aromatic carbocycles. The number of nitrogens with zero attached hydrogens (tertiary/aromatic N) is 1. The van der Waals surface area contributed by atoms with Crippen LogP contribution in [-0.4, -0.2) is 11.7 Å². The topological polar surface area (TPSA) is 205 Å². The van der Waals surface area contributed by atoms with Crippen LogP contribution in [0.15, 0.2) is 56.7 Å². The predicted octanol–water partition coefficient (Wildman–Crippen LogP) is -1.09. The average molecular weight is 458 g/mol. The quantitative estimate of drug-likeness (QED) is 0.207. The second-order valence-corrected chi connectivity index (χ2v) is 5.57. The van der Waals surface area contributed by atoms with E-state index >= 15 is 0 Å². The number of aliphatic imine (C=N–C) groups is 1. The molecule has 0 saturated heterocycles. The van der Waals surface area contributed by atoms with Crippen molar-refractivity contribution in [2.75, 3.05) is 0 Å². The number of aromatic carboxylic acids is 1. The van der Waals surface area contributed by atoms with Crippen LogP contribution in [0.2, 0.25) is 0 Å². The van der Waals surface area contributed by atoms with Crippen LogP contribution in [0.3, 0.4) is 0 Å². The number of carboxylic acids is 1. The molecule has 9 nitrogen and oxygen atoms in total. The van der Waals surface area contributed by atoms with Gasteiger partial charge in [-0.1, -0.05) is 36.1 Å². The van der Waals surface area contributed by atoms with Gasteiger partial charge in [-0.2, -0.15) is 0 Å². The van der Waals surface area contributed by atoms with Crippen LogP contribution in [0.1, 0.15) is 28.4 Å². The van der Waals surface area contributed by atoms with Gasteiger partial charge in [-0.15, -0.1) is 0 Å². The van der Waals surface area contributed by atoms with Crippen molar-refractivity contribution in [1.29, 1.82) is 0 Å². The number of carbonyl (C=O) groups is 1. The Hall–Kier alpha value is -2.91. The van der Waals surface area contributed by atoms with E-state index in [1.54, 1.807) is 32.0 Å². The number of hydrogen-bond acceptors (Lipinski definition) is 6. The predicted molar refractivity (Wildman–Crippen MR) is 104 cm³/mol. The van der Waals surface area contributed by atoms with Crippen LogP contribution in [0.25, 0.3) is 11.0 Å². The SMILES string of the molecule is CC(=Nc1ccccc1C(=O)[O-])c1c([O-])ccc2c(C)cc(=O)oc12.[OH3+].[OH3+].[OH3+].[Zn+2]. The first-order chi connectivity index (χ1) is 11.9. The number of aryl methyl sites for hydroxylation is 1. The molecule has 0 atom stereocenters. The van der Waals surface area contributed by atoms with Gasteiger partial charge in [-0.3, -0.25) is 4.99 Å². The molecule has 0 unspecified atom stereocenters. The minimum Gasteiger partial charge on any atom is -0.872 e. The Bertz CT molecular complexity index is 1090. The van der Waals surface area contributed by atoms with Crippen molar-refractivity contribution < 1.29 is 55.3 Å². The van der Waals surface area contributed by atoms with E-state index in [-0.39, 0.29) is 69.8 Å². The van der Waals surface area contributed by atoms with E-state index in [9.17, 15) is 19.8 Å². The van der Waals surface area contributed by atoms with Crippen molar-refractivity contribution in [3.8, 4) is 5.75 Å². The number of fused-ring (bicyclic) bond motifs is 1. The van der Waals surface area contributed by atoms with Gasteiger partial charge in [-0.25, -0.2) is 4.79 Å². The van der Waals surface area contributed by atoms with Gasteiger partial charge in [-0.05, 0) is 25.5 Å². The molecule has 0 aliphatic heterocycles. The Kier molecular flexibility index (Phi) is 10.9. The van der Waals surface area contributed by atoms with Crippen molar-refractivity contribution in [3.05, 3.63) is 69.6 Å². The number of hydrogen-bond donors (Lipinski definition) is 0. The maximum absolute atomic E-state index is 12.3. The zero-order valence-electron chi connectivity index (χ0n) is 16.0. The Balaban J connectivity index is 0. The Labute approximate surface area is 178 Å². The summed E-state index contributed by atoms with van der Waals surface area (Å²) in [6.45, 7) is 3.30. The smallest absolute Gasteiger partial charge is 0.872 e. The molecule has 1 heterocycles. The van der Waals surface area contributed by atoms with E-state index in [1.807, 2.05) is 0 Å². The van der Waals surface area contributed by atoms with Crippen LogP contribution in [0, 0.1) is 6.92 Å². The van der Waals surface area contributed by atoms with E-state index in [0.29, 0.717) is 10.9 Å². The molecule has 1 aromatic heterocycles. The molecular formula is C19H22NO8Zn+3. The van der Waals surface area contributed by atoms with Gasteiger partial charge in [0.15, 0.2) is 0 Å². The molecule has 10 heteroatoms. The van der Waals surface area contributed by atoms with E-state index < -0.39 is 11.6 Å². The standard InChI is InChI=1S/C19H15NO5.3H2O.Zn/c1-10-9-16(22)25-18-12(10)7-8-15(21)17(18)11(2)20-14-6-4-3-5-13(14)19(23)24;;;;/h3-9,21H,1-2H3,(H,23,24);3*1H2;/q;;;;+2/p+1. The molecule has 3 rings (SSSR count). The fourth-order valence-corrected chi connectivity index (χ4v) is 2.69. The van der Waals surface area contributed by atoms with Gasteiger partial charge < -0.3 is 35.9 Å². The molecular weight excluding hydrogens is 436 g/mol. The molecule has 150 valence electrons. The molecule has 3 aromatic rings. The summed E-state index contributed by atoms with van der Waals surface area (Å²) in [7, 11) is 0. The van der Waals surface area contributed by atoms with Gasteiger partial charge in [0.2, 0.25) is 0 Å². The monoisotopic (exact) mass is 456 g/mol. The van der Waals surface area contributed by atoms with E-state index in [2.05, 4.69) is 4.99 Å². The summed E-state index contributed by atoms with van der Waals surface area (Å²) in [5.74, 6) is -1.73. The number of carboxylic acid groups (broad SMARTS) is 1. The first-order valence-electron chi connectivity index (χ1n) is 7.49. The van der Waals surface area contributed by atoms with Crippen LogP contribution in [0.4, 0.5) is 5.69 Å². The first-order valence-corrected chi connectivity index (χ1v) is 7.49. The van der Waals surface area contributed by atoms with Gasteiger partial charge >= 0.3 is 25.1 Å². The third kappa shape index (κ3) is 5.55. The van der Waals surface area contributed by atoms with E-state index in [4.69, 9.17) is 4.42 Å². The third-order valence-electron chi connectivity index (χ3n) is 3.86. The molecule has 0 amide bonds. The summed E-state index contributed by atoms with van der Waals surface area (Å²) in [6, 6.07) is 10.4.